The maximum atomic E-state index is 12.2. The van der Waals surface area contributed by atoms with Crippen LogP contribution in [0.2, 0.25) is 0 Å². The molecule has 6 heteroatoms. The zero-order chi connectivity index (χ0) is 13.0. The van der Waals surface area contributed by atoms with Crippen LogP contribution >= 0.6 is 0 Å². The molecule has 0 amide bonds. The molecule has 0 radical (unpaired) electrons. The van der Waals surface area contributed by atoms with Crippen LogP contribution in [0.25, 0.3) is 0 Å². The molecule has 0 spiro atoms. The largest absolute Gasteiger partial charge is 0.458 e. The minimum absolute atomic E-state index is 0.588. The summed E-state index contributed by atoms with van der Waals surface area (Å²) in [6.07, 6.45) is -6.13. The number of carbonyl (C=O) groups is 1. The van der Waals surface area contributed by atoms with E-state index in [1.54, 1.807) is 20.8 Å². The number of alkyl halides is 3. The van der Waals surface area contributed by atoms with Gasteiger partial charge in [0.1, 0.15) is 12.2 Å². The van der Waals surface area contributed by atoms with Gasteiger partial charge in [0.05, 0.1) is 0 Å². The number of hydrogen-bond acceptors (Lipinski definition) is 3. The summed E-state index contributed by atoms with van der Waals surface area (Å²) in [5.41, 5.74) is -0.748. The van der Waals surface area contributed by atoms with Crippen molar-refractivity contribution in [3.05, 3.63) is 12.7 Å². The first-order valence-corrected chi connectivity index (χ1v) is 4.59. The van der Waals surface area contributed by atoms with Crippen LogP contribution in [0.15, 0.2) is 12.7 Å². The lowest BCUT2D eigenvalue weighted by Gasteiger charge is -2.21. The molecule has 0 N–H and O–H groups in total. The van der Waals surface area contributed by atoms with E-state index in [2.05, 4.69) is 11.3 Å². The first kappa shape index (κ1) is 15.0. The highest BCUT2D eigenvalue weighted by Crippen LogP contribution is 2.23. The molecule has 1 unspecified atom stereocenters. The number of ether oxygens (including phenoxy) is 2. The van der Waals surface area contributed by atoms with Gasteiger partial charge >= 0.3 is 12.1 Å². The lowest BCUT2D eigenvalue weighted by Crippen LogP contribution is -2.33. The van der Waals surface area contributed by atoms with Gasteiger partial charge in [0.15, 0.2) is 6.10 Å². The van der Waals surface area contributed by atoms with Gasteiger partial charge in [0, 0.05) is 0 Å². The van der Waals surface area contributed by atoms with Crippen molar-refractivity contribution < 1.29 is 27.4 Å². The van der Waals surface area contributed by atoms with E-state index >= 15 is 0 Å². The topological polar surface area (TPSA) is 35.5 Å². The average molecular weight is 240 g/mol. The van der Waals surface area contributed by atoms with Crippen LogP contribution in [-0.2, 0) is 14.3 Å². The van der Waals surface area contributed by atoms with Crippen molar-refractivity contribution in [3.8, 4) is 0 Å². The third-order valence-electron chi connectivity index (χ3n) is 1.34. The number of esters is 1. The minimum atomic E-state index is -4.57. The van der Waals surface area contributed by atoms with Crippen LogP contribution < -0.4 is 0 Å². The molecule has 0 saturated heterocycles. The van der Waals surface area contributed by atoms with Gasteiger partial charge in [-0.25, -0.2) is 4.79 Å². The molecular weight excluding hydrogens is 225 g/mol. The summed E-state index contributed by atoms with van der Waals surface area (Å²) in [4.78, 5) is 11.1. The van der Waals surface area contributed by atoms with Crippen LogP contribution in [0.5, 0.6) is 0 Å². The second-order valence-corrected chi connectivity index (χ2v) is 4.10. The van der Waals surface area contributed by atoms with Gasteiger partial charge in [-0.15, -0.1) is 6.58 Å². The summed E-state index contributed by atoms with van der Waals surface area (Å²) in [6.45, 7) is 7.06. The summed E-state index contributed by atoms with van der Waals surface area (Å²) in [6, 6.07) is 0. The molecule has 0 aliphatic rings. The Morgan fingerprint density at radius 3 is 2.19 bits per heavy atom. The minimum Gasteiger partial charge on any atom is -0.458 e. The fourth-order valence-electron chi connectivity index (χ4n) is 0.825. The molecule has 1 atom stereocenters. The fraction of sp³-hybridized carbons (Fsp3) is 0.700. The highest BCUT2D eigenvalue weighted by atomic mass is 19.4. The third kappa shape index (κ3) is 6.44. The number of halogens is 3. The van der Waals surface area contributed by atoms with Crippen LogP contribution in [0.4, 0.5) is 13.2 Å². The maximum absolute atomic E-state index is 12.2. The molecule has 0 saturated carbocycles. The Morgan fingerprint density at radius 2 is 1.88 bits per heavy atom. The lowest BCUT2D eigenvalue weighted by atomic mass is 10.2. The Hall–Kier alpha value is -1.04. The molecule has 3 nitrogen and oxygen atoms in total. The molecule has 16 heavy (non-hydrogen) atoms. The van der Waals surface area contributed by atoms with Gasteiger partial charge in [-0.3, -0.25) is 0 Å². The van der Waals surface area contributed by atoms with Crippen molar-refractivity contribution in [3.63, 3.8) is 0 Å². The van der Waals surface area contributed by atoms with Crippen LogP contribution in [-0.4, -0.2) is 30.5 Å². The Morgan fingerprint density at radius 1 is 1.38 bits per heavy atom. The second-order valence-electron chi connectivity index (χ2n) is 4.10. The summed E-state index contributed by atoms with van der Waals surface area (Å²) < 4.78 is 45.6. The van der Waals surface area contributed by atoms with E-state index in [1.807, 2.05) is 0 Å². The number of rotatable bonds is 4. The molecule has 0 aliphatic heterocycles. The Kier molecular flexibility index (Phi) is 4.99. The molecule has 0 aromatic heterocycles. The molecule has 0 heterocycles. The van der Waals surface area contributed by atoms with E-state index in [4.69, 9.17) is 4.74 Å². The first-order chi connectivity index (χ1) is 7.06. The van der Waals surface area contributed by atoms with E-state index < -0.39 is 30.5 Å². The van der Waals surface area contributed by atoms with Gasteiger partial charge < -0.3 is 9.47 Å². The average Bonchev–Trinajstić information content (AvgIpc) is 1.98. The lowest BCUT2D eigenvalue weighted by molar-refractivity contribution is -0.209. The van der Waals surface area contributed by atoms with Crippen LogP contribution in [0.3, 0.4) is 0 Å². The molecule has 0 rings (SSSR count). The molecule has 0 bridgehead atoms. The predicted octanol–water partition coefficient (Wildman–Crippen LogP) is 2.46. The Balaban J connectivity index is 4.14. The maximum Gasteiger partial charge on any atom is 0.418 e. The molecular formula is C10H15F3O3. The number of carbonyl (C=O) groups excluding carboxylic acids is 1. The molecule has 0 aromatic carbocycles. The fourth-order valence-corrected chi connectivity index (χ4v) is 0.825. The van der Waals surface area contributed by atoms with E-state index in [0.29, 0.717) is 6.08 Å². The van der Waals surface area contributed by atoms with Crippen molar-refractivity contribution in [1.82, 2.24) is 0 Å². The van der Waals surface area contributed by atoms with Gasteiger partial charge in [-0.05, 0) is 20.8 Å². The quantitative estimate of drug-likeness (QED) is 0.559. The third-order valence-corrected chi connectivity index (χ3v) is 1.34. The SMILES string of the molecule is C=CC(OCC(=O)OC(C)(C)C)C(F)(F)F. The summed E-state index contributed by atoms with van der Waals surface area (Å²) >= 11 is 0. The highest BCUT2D eigenvalue weighted by Gasteiger charge is 2.39. The summed E-state index contributed by atoms with van der Waals surface area (Å²) in [5.74, 6) is -0.844. The zero-order valence-corrected chi connectivity index (χ0v) is 9.43. The molecule has 94 valence electrons. The van der Waals surface area contributed by atoms with Gasteiger partial charge in [-0.2, -0.15) is 13.2 Å². The van der Waals surface area contributed by atoms with Crippen molar-refractivity contribution in [1.29, 1.82) is 0 Å². The Labute approximate surface area is 92.2 Å². The standard InChI is InChI=1S/C10H15F3O3/c1-5-7(10(11,12)13)15-6-8(14)16-9(2,3)4/h5,7H,1,6H2,2-4H3. The van der Waals surface area contributed by atoms with E-state index in [9.17, 15) is 18.0 Å². The molecule has 0 aliphatic carbocycles. The van der Waals surface area contributed by atoms with E-state index in [-0.39, 0.29) is 0 Å². The number of hydrogen-bond donors (Lipinski definition) is 0. The van der Waals surface area contributed by atoms with Crippen LogP contribution in [0, 0.1) is 0 Å². The van der Waals surface area contributed by atoms with E-state index in [1.165, 1.54) is 0 Å². The summed E-state index contributed by atoms with van der Waals surface area (Å²) in [7, 11) is 0. The normalized spacial score (nSPS) is 14.4. The van der Waals surface area contributed by atoms with Crippen molar-refractivity contribution in [2.24, 2.45) is 0 Å². The smallest absolute Gasteiger partial charge is 0.418 e. The second kappa shape index (κ2) is 5.34. The molecule has 0 aromatic rings. The van der Waals surface area contributed by atoms with Crippen molar-refractivity contribution in [2.45, 2.75) is 38.7 Å². The summed E-state index contributed by atoms with van der Waals surface area (Å²) in [5, 5.41) is 0. The van der Waals surface area contributed by atoms with Crippen molar-refractivity contribution in [2.75, 3.05) is 6.61 Å². The van der Waals surface area contributed by atoms with Gasteiger partial charge in [0.25, 0.3) is 0 Å². The molecule has 0 fully saturated rings. The zero-order valence-electron chi connectivity index (χ0n) is 9.43. The van der Waals surface area contributed by atoms with Gasteiger partial charge in [-0.1, -0.05) is 6.08 Å². The van der Waals surface area contributed by atoms with E-state index in [0.717, 1.165) is 0 Å². The van der Waals surface area contributed by atoms with Gasteiger partial charge in [0.2, 0.25) is 0 Å². The monoisotopic (exact) mass is 240 g/mol. The van der Waals surface area contributed by atoms with Crippen molar-refractivity contribution >= 4 is 5.97 Å². The first-order valence-electron chi connectivity index (χ1n) is 4.59. The van der Waals surface area contributed by atoms with Crippen LogP contribution in [0.1, 0.15) is 20.8 Å². The highest BCUT2D eigenvalue weighted by molar-refractivity contribution is 5.71. The Bertz CT molecular complexity index is 253. The predicted molar refractivity (Wildman–Crippen MR) is 51.8 cm³/mol.